The first-order chi connectivity index (χ1) is 57.6. The number of halogens is 1. The Kier molecular flexibility index (Phi) is 52.7. The van der Waals surface area contributed by atoms with E-state index >= 15 is 0 Å². The standard InChI is InChI=1S/C24H19N2O.2C19H17N2O.C18H14FN2O.4C5H12O2.4Ir/c1-17-16-25-24(18(2)26-17)20-13-14-23(27-21-11-7-4-8-12-21)22(15-20)19-9-5-3-6-10-19;1-13-11-16(18-15(3)20-9-10-21-18)12-14(2)19(13)22-17-7-5-4-6-8-17;1-13-11-16(19-15(3)21-14(2)12-20-19)9-10-18(13)22-17-7-5-4-6-8-17;1-12-11-20-18(13(2)21-12)16-9-8-15(10-17(16)19)22-14-6-4-3-5-7-14;4*1-4(6)3-5(2)7;;;;/h3-12,14-16H,1-2H3;4-11H,1-3H3;4-8,10-12H,1-3H3;3-8,10-11H,1-2H3;4*4-7H,3H2,1-2H3;;;;/q4*-1;;;;;;;;. The Balaban J connectivity index is 0.000000508. The van der Waals surface area contributed by atoms with Crippen molar-refractivity contribution in [1.29, 1.82) is 0 Å². The molecule has 20 nitrogen and oxygen atoms in total. The zero-order valence-corrected chi connectivity index (χ0v) is 83.4. The summed E-state index contributed by atoms with van der Waals surface area (Å²) < 4.78 is 37.9. The molecule has 13 rings (SSSR count). The van der Waals surface area contributed by atoms with Gasteiger partial charge >= 0.3 is 0 Å². The van der Waals surface area contributed by atoms with E-state index in [0.717, 1.165) is 130 Å². The van der Waals surface area contributed by atoms with Crippen LogP contribution >= 0.6 is 0 Å². The molecule has 13 aromatic rings. The Morgan fingerprint density at radius 1 is 0.328 bits per heavy atom. The molecule has 0 aliphatic rings. The Morgan fingerprint density at radius 2 is 0.664 bits per heavy atom. The fourth-order valence-corrected chi connectivity index (χ4v) is 11.9. The largest absolute Gasteiger partial charge is 0.502 e. The number of para-hydroxylation sites is 4. The molecule has 125 heavy (non-hydrogen) atoms. The summed E-state index contributed by atoms with van der Waals surface area (Å²) in [6.45, 7) is 32.8. The number of aliphatic hydroxyl groups is 8. The summed E-state index contributed by atoms with van der Waals surface area (Å²) in [7, 11) is 0. The van der Waals surface area contributed by atoms with Crippen molar-refractivity contribution in [2.24, 2.45) is 0 Å². The Labute approximate surface area is 791 Å². The maximum Gasteiger partial charge on any atom is 0.114 e. The quantitative estimate of drug-likeness (QED) is 0.0310. The molecule has 674 valence electrons. The van der Waals surface area contributed by atoms with E-state index in [2.05, 4.69) is 82.3 Å². The number of hydrogen-bond acceptors (Lipinski definition) is 20. The molecule has 4 radical (unpaired) electrons. The van der Waals surface area contributed by atoms with Gasteiger partial charge in [-0.1, -0.05) is 158 Å². The molecule has 0 saturated heterocycles. The number of aliphatic hydroxyl groups excluding tert-OH is 8. The third-order valence-electron chi connectivity index (χ3n) is 17.1. The fourth-order valence-electron chi connectivity index (χ4n) is 11.9. The van der Waals surface area contributed by atoms with Crippen LogP contribution in [0.2, 0.25) is 0 Å². The predicted molar refractivity (Wildman–Crippen MR) is 476 cm³/mol. The topological polar surface area (TPSA) is 302 Å². The van der Waals surface area contributed by atoms with Crippen molar-refractivity contribution >= 4 is 0 Å². The van der Waals surface area contributed by atoms with E-state index in [1.54, 1.807) is 111 Å². The zero-order valence-electron chi connectivity index (χ0n) is 73.8. The molecule has 0 aliphatic carbocycles. The van der Waals surface area contributed by atoms with Gasteiger partial charge in [0.25, 0.3) is 0 Å². The smallest absolute Gasteiger partial charge is 0.114 e. The van der Waals surface area contributed by atoms with Gasteiger partial charge in [0, 0.05) is 180 Å². The van der Waals surface area contributed by atoms with E-state index in [-0.39, 0.29) is 129 Å². The minimum atomic E-state index is -0.435. The van der Waals surface area contributed by atoms with Crippen molar-refractivity contribution in [2.75, 3.05) is 0 Å². The minimum Gasteiger partial charge on any atom is -0.502 e. The molecule has 8 unspecified atom stereocenters. The van der Waals surface area contributed by atoms with E-state index < -0.39 is 5.82 Å². The van der Waals surface area contributed by atoms with Gasteiger partial charge in [0.1, 0.15) is 23.0 Å². The number of aryl methyl sites for hydroxylation is 10. The third-order valence-corrected chi connectivity index (χ3v) is 17.1. The molecule has 0 amide bonds. The summed E-state index contributed by atoms with van der Waals surface area (Å²) in [6, 6.07) is 74.4. The maximum absolute atomic E-state index is 14.3. The van der Waals surface area contributed by atoms with E-state index in [1.165, 1.54) is 6.07 Å². The summed E-state index contributed by atoms with van der Waals surface area (Å²) in [6.07, 6.45) is 7.47. The van der Waals surface area contributed by atoms with Crippen LogP contribution in [-0.4, -0.2) is 130 Å². The van der Waals surface area contributed by atoms with E-state index in [4.69, 9.17) is 59.8 Å². The van der Waals surface area contributed by atoms with Crippen LogP contribution in [0.3, 0.4) is 0 Å². The van der Waals surface area contributed by atoms with Gasteiger partial charge < -0.3 is 79.7 Å². The molecular formula is C100H115FIr4N8O12-4. The average molecular weight is 2410 g/mol. The zero-order chi connectivity index (χ0) is 88.7. The van der Waals surface area contributed by atoms with Crippen LogP contribution in [0, 0.1) is 99.3 Å². The van der Waals surface area contributed by atoms with Crippen molar-refractivity contribution in [3.63, 3.8) is 0 Å². The number of aromatic nitrogens is 8. The summed E-state index contributed by atoms with van der Waals surface area (Å²) in [5, 5.41) is 68.5. The van der Waals surface area contributed by atoms with E-state index in [9.17, 15) is 4.39 Å². The molecule has 0 bridgehead atoms. The van der Waals surface area contributed by atoms with Gasteiger partial charge in [-0.3, -0.25) is 24.3 Å². The Morgan fingerprint density at radius 3 is 1.02 bits per heavy atom. The normalized spacial score (nSPS) is 12.1. The van der Waals surface area contributed by atoms with Gasteiger partial charge in [0.15, 0.2) is 0 Å². The maximum atomic E-state index is 14.3. The molecule has 9 aromatic carbocycles. The van der Waals surface area contributed by atoms with Crippen molar-refractivity contribution in [3.8, 4) is 102 Å². The van der Waals surface area contributed by atoms with Gasteiger partial charge in [0.05, 0.1) is 71.7 Å². The second-order valence-electron chi connectivity index (χ2n) is 29.5. The van der Waals surface area contributed by atoms with Crippen molar-refractivity contribution < 1.29 is 145 Å². The minimum absolute atomic E-state index is 0. The second-order valence-corrected chi connectivity index (χ2v) is 29.5. The monoisotopic (exact) mass is 2410 g/mol. The molecule has 25 heteroatoms. The average Bonchev–Trinajstić information content (AvgIpc) is 0.804. The molecule has 8 N–H and O–H groups in total. The van der Waals surface area contributed by atoms with Gasteiger partial charge in [-0.05, 0) is 184 Å². The molecular weight excluding hydrogens is 2290 g/mol. The van der Waals surface area contributed by atoms with Crippen LogP contribution in [0.25, 0.3) is 56.2 Å². The summed E-state index contributed by atoms with van der Waals surface area (Å²) in [5.74, 6) is 5.44. The first-order valence-electron chi connectivity index (χ1n) is 40.1. The number of hydrogen-bond donors (Lipinski definition) is 8. The summed E-state index contributed by atoms with van der Waals surface area (Å²) in [4.78, 5) is 35.3. The molecule has 4 aromatic heterocycles. The van der Waals surface area contributed by atoms with Crippen LogP contribution in [0.4, 0.5) is 4.39 Å². The van der Waals surface area contributed by atoms with E-state index in [0.29, 0.717) is 54.1 Å². The molecule has 0 spiro atoms. The number of ether oxygens (including phenoxy) is 4. The molecule has 0 fully saturated rings. The molecule has 0 aliphatic heterocycles. The second kappa shape index (κ2) is 58.9. The third kappa shape index (κ3) is 41.4. The van der Waals surface area contributed by atoms with Gasteiger partial charge in [-0.15, -0.1) is 77.4 Å². The molecule has 0 saturated carbocycles. The first-order valence-corrected chi connectivity index (χ1v) is 40.1. The van der Waals surface area contributed by atoms with Crippen LogP contribution in [0.15, 0.2) is 225 Å². The van der Waals surface area contributed by atoms with Crippen LogP contribution in [0.1, 0.15) is 138 Å². The molecule has 8 atom stereocenters. The van der Waals surface area contributed by atoms with Crippen molar-refractivity contribution in [1.82, 2.24) is 39.9 Å². The Hall–Kier alpha value is -9.29. The van der Waals surface area contributed by atoms with Crippen molar-refractivity contribution in [2.45, 2.75) is 199 Å². The fraction of sp³-hybridized carbons (Fsp3) is 0.300. The summed E-state index contributed by atoms with van der Waals surface area (Å²) in [5.41, 5.74) is 17.3. The van der Waals surface area contributed by atoms with Crippen molar-refractivity contribution in [3.05, 3.63) is 312 Å². The number of benzene rings is 9. The van der Waals surface area contributed by atoms with Crippen LogP contribution < -0.4 is 18.9 Å². The van der Waals surface area contributed by atoms with Gasteiger partial charge in [-0.25, -0.2) is 0 Å². The van der Waals surface area contributed by atoms with E-state index in [1.807, 2.05) is 214 Å². The number of rotatable bonds is 21. The summed E-state index contributed by atoms with van der Waals surface area (Å²) >= 11 is 0. The van der Waals surface area contributed by atoms with Crippen LogP contribution in [-0.2, 0) is 80.4 Å². The van der Waals surface area contributed by atoms with Crippen LogP contribution in [0.5, 0.6) is 46.0 Å². The van der Waals surface area contributed by atoms with Gasteiger partial charge in [0.2, 0.25) is 0 Å². The number of nitrogens with zero attached hydrogens (tertiary/aromatic N) is 8. The predicted octanol–water partition coefficient (Wildman–Crippen LogP) is 20.4. The SMILES string of the molecule is CC(O)CC(C)O.CC(O)CC(C)O.CC(O)CC(C)O.CC(O)CC(C)O.Cc1[c-]c(-c2nccnc2C)cc(C)c1Oc1ccccc1.Cc1cnc(-c2[c-]cc(Oc3ccccc3)c(-c3ccccc3)c2)c(C)n1.Cc1cnc(-c2[c-]cc(Oc3ccccc3)c(C)c2)c(C)n1.Cc1cnc(-c2[c-]cc(Oc3ccccc3)cc2F)c(C)n1.[Ir].[Ir].[Ir].[Ir]. The molecule has 4 heterocycles. The van der Waals surface area contributed by atoms with Gasteiger partial charge in [-0.2, -0.15) is 0 Å². The Bertz CT molecular complexity index is 5130. The first kappa shape index (κ1) is 112.